The standard InChI is InChI=1S/C12H17Cl2NOS/c1-2-17-6-5-16-12-9(3-4-15)7-10(13)8-11(12)14/h7-8H,2-6,15H2,1H3. The van der Waals surface area contributed by atoms with E-state index in [9.17, 15) is 0 Å². The summed E-state index contributed by atoms with van der Waals surface area (Å²) < 4.78 is 5.71. The molecule has 0 unspecified atom stereocenters. The Bertz CT molecular complexity index is 361. The van der Waals surface area contributed by atoms with Gasteiger partial charge < -0.3 is 10.5 Å². The van der Waals surface area contributed by atoms with E-state index in [1.807, 2.05) is 17.8 Å². The van der Waals surface area contributed by atoms with Crippen molar-refractivity contribution in [1.29, 1.82) is 0 Å². The number of thioether (sulfide) groups is 1. The van der Waals surface area contributed by atoms with Gasteiger partial charge in [-0.2, -0.15) is 11.8 Å². The molecule has 2 N–H and O–H groups in total. The van der Waals surface area contributed by atoms with Crippen molar-refractivity contribution in [3.05, 3.63) is 27.7 Å². The molecule has 0 aliphatic heterocycles. The third-order valence-corrected chi connectivity index (χ3v) is 3.54. The van der Waals surface area contributed by atoms with E-state index in [0.29, 0.717) is 23.2 Å². The van der Waals surface area contributed by atoms with Crippen molar-refractivity contribution in [2.75, 3.05) is 24.7 Å². The third kappa shape index (κ3) is 4.96. The quantitative estimate of drug-likeness (QED) is 0.780. The van der Waals surface area contributed by atoms with Crippen LogP contribution in [0.5, 0.6) is 5.75 Å². The lowest BCUT2D eigenvalue weighted by Gasteiger charge is -2.13. The summed E-state index contributed by atoms with van der Waals surface area (Å²) in [4.78, 5) is 0. The molecule has 0 saturated heterocycles. The van der Waals surface area contributed by atoms with Gasteiger partial charge in [-0.1, -0.05) is 30.1 Å². The summed E-state index contributed by atoms with van der Waals surface area (Å²) in [6.07, 6.45) is 0.719. The van der Waals surface area contributed by atoms with E-state index in [1.165, 1.54) is 0 Å². The topological polar surface area (TPSA) is 35.2 Å². The molecule has 0 bridgehead atoms. The third-order valence-electron chi connectivity index (χ3n) is 2.18. The normalized spacial score (nSPS) is 10.6. The summed E-state index contributed by atoms with van der Waals surface area (Å²) in [6, 6.07) is 3.56. The fourth-order valence-corrected chi connectivity index (χ4v) is 2.54. The number of halogens is 2. The Hall–Kier alpha value is -0.0900. The summed E-state index contributed by atoms with van der Waals surface area (Å²) in [5.74, 6) is 2.77. The van der Waals surface area contributed by atoms with Crippen LogP contribution in [-0.4, -0.2) is 24.7 Å². The molecule has 0 saturated carbocycles. The summed E-state index contributed by atoms with van der Waals surface area (Å²) in [5, 5.41) is 1.18. The zero-order valence-electron chi connectivity index (χ0n) is 9.84. The second-order valence-corrected chi connectivity index (χ2v) is 5.70. The molecule has 0 radical (unpaired) electrons. The number of hydrogen-bond donors (Lipinski definition) is 1. The number of hydrogen-bond acceptors (Lipinski definition) is 3. The van der Waals surface area contributed by atoms with Crippen LogP contribution in [0.4, 0.5) is 0 Å². The summed E-state index contributed by atoms with van der Waals surface area (Å²) >= 11 is 13.9. The average Bonchev–Trinajstić information content (AvgIpc) is 2.27. The monoisotopic (exact) mass is 293 g/mol. The van der Waals surface area contributed by atoms with Crippen LogP contribution < -0.4 is 10.5 Å². The Morgan fingerprint density at radius 3 is 2.76 bits per heavy atom. The van der Waals surface area contributed by atoms with Gasteiger partial charge in [-0.25, -0.2) is 0 Å². The highest BCUT2D eigenvalue weighted by Gasteiger charge is 2.10. The molecule has 96 valence electrons. The van der Waals surface area contributed by atoms with Gasteiger partial charge in [0.25, 0.3) is 0 Å². The van der Waals surface area contributed by atoms with Gasteiger partial charge in [0.2, 0.25) is 0 Å². The van der Waals surface area contributed by atoms with Crippen LogP contribution in [0.3, 0.4) is 0 Å². The summed E-state index contributed by atoms with van der Waals surface area (Å²) in [7, 11) is 0. The molecule has 0 amide bonds. The zero-order chi connectivity index (χ0) is 12.7. The molecule has 5 heteroatoms. The van der Waals surface area contributed by atoms with E-state index < -0.39 is 0 Å². The fourth-order valence-electron chi connectivity index (χ4n) is 1.46. The molecular formula is C12H17Cl2NOS. The van der Waals surface area contributed by atoms with Gasteiger partial charge in [-0.15, -0.1) is 0 Å². The first-order valence-electron chi connectivity index (χ1n) is 5.57. The van der Waals surface area contributed by atoms with Gasteiger partial charge in [0.1, 0.15) is 5.75 Å². The Labute approximate surface area is 117 Å². The highest BCUT2D eigenvalue weighted by atomic mass is 35.5. The number of benzene rings is 1. The molecular weight excluding hydrogens is 277 g/mol. The Morgan fingerprint density at radius 1 is 1.35 bits per heavy atom. The van der Waals surface area contributed by atoms with E-state index in [0.717, 1.165) is 29.2 Å². The number of nitrogens with two attached hydrogens (primary N) is 1. The predicted octanol–water partition coefficient (Wildman–Crippen LogP) is 3.63. The van der Waals surface area contributed by atoms with Crippen LogP contribution in [0.2, 0.25) is 10.0 Å². The van der Waals surface area contributed by atoms with Crippen molar-refractivity contribution in [1.82, 2.24) is 0 Å². The van der Waals surface area contributed by atoms with Crippen LogP contribution >= 0.6 is 35.0 Å². The SMILES string of the molecule is CCSCCOc1c(Cl)cc(Cl)cc1CCN. The van der Waals surface area contributed by atoms with Crippen molar-refractivity contribution in [2.45, 2.75) is 13.3 Å². The van der Waals surface area contributed by atoms with Crippen LogP contribution in [0.1, 0.15) is 12.5 Å². The first-order chi connectivity index (χ1) is 8.19. The zero-order valence-corrected chi connectivity index (χ0v) is 12.2. The lowest BCUT2D eigenvalue weighted by molar-refractivity contribution is 0.340. The van der Waals surface area contributed by atoms with Crippen LogP contribution in [0, 0.1) is 0 Å². The van der Waals surface area contributed by atoms with E-state index in [-0.39, 0.29) is 0 Å². The highest BCUT2D eigenvalue weighted by Crippen LogP contribution is 2.32. The Kier molecular flexibility index (Phi) is 7.12. The average molecular weight is 294 g/mol. The van der Waals surface area contributed by atoms with Crippen LogP contribution in [0.15, 0.2) is 12.1 Å². The smallest absolute Gasteiger partial charge is 0.141 e. The minimum Gasteiger partial charge on any atom is -0.491 e. The van der Waals surface area contributed by atoms with Gasteiger partial charge in [0, 0.05) is 10.8 Å². The number of rotatable bonds is 7. The Balaban J connectivity index is 2.73. The summed E-state index contributed by atoms with van der Waals surface area (Å²) in [5.41, 5.74) is 6.54. The molecule has 0 aliphatic rings. The van der Waals surface area contributed by atoms with Crippen molar-refractivity contribution in [2.24, 2.45) is 5.73 Å². The van der Waals surface area contributed by atoms with E-state index in [1.54, 1.807) is 6.07 Å². The highest BCUT2D eigenvalue weighted by molar-refractivity contribution is 7.99. The first kappa shape index (κ1) is 15.0. The maximum atomic E-state index is 6.13. The molecule has 0 aliphatic carbocycles. The van der Waals surface area contributed by atoms with Gasteiger partial charge in [0.15, 0.2) is 0 Å². The van der Waals surface area contributed by atoms with Crippen LogP contribution in [0.25, 0.3) is 0 Å². The van der Waals surface area contributed by atoms with Crippen LogP contribution in [-0.2, 0) is 6.42 Å². The van der Waals surface area contributed by atoms with Crippen molar-refractivity contribution < 1.29 is 4.74 Å². The minimum absolute atomic E-state index is 0.552. The fraction of sp³-hybridized carbons (Fsp3) is 0.500. The maximum Gasteiger partial charge on any atom is 0.141 e. The van der Waals surface area contributed by atoms with E-state index in [2.05, 4.69) is 6.92 Å². The molecule has 1 rings (SSSR count). The molecule has 17 heavy (non-hydrogen) atoms. The van der Waals surface area contributed by atoms with Gasteiger partial charge >= 0.3 is 0 Å². The summed E-state index contributed by atoms with van der Waals surface area (Å²) in [6.45, 7) is 3.33. The number of ether oxygens (including phenoxy) is 1. The lowest BCUT2D eigenvalue weighted by atomic mass is 10.1. The largest absolute Gasteiger partial charge is 0.491 e. The van der Waals surface area contributed by atoms with Gasteiger partial charge in [-0.05, 0) is 36.4 Å². The second kappa shape index (κ2) is 8.09. The van der Waals surface area contributed by atoms with Gasteiger partial charge in [0.05, 0.1) is 11.6 Å². The molecule has 0 spiro atoms. The molecule has 1 aromatic carbocycles. The molecule has 0 atom stereocenters. The predicted molar refractivity (Wildman–Crippen MR) is 77.7 cm³/mol. The Morgan fingerprint density at radius 2 is 2.12 bits per heavy atom. The van der Waals surface area contributed by atoms with Gasteiger partial charge in [-0.3, -0.25) is 0 Å². The maximum absolute atomic E-state index is 6.13. The molecule has 2 nitrogen and oxygen atoms in total. The molecule has 0 fully saturated rings. The second-order valence-electron chi connectivity index (χ2n) is 3.46. The molecule has 1 aromatic rings. The van der Waals surface area contributed by atoms with Crippen molar-refractivity contribution in [3.8, 4) is 5.75 Å². The van der Waals surface area contributed by atoms with E-state index in [4.69, 9.17) is 33.7 Å². The van der Waals surface area contributed by atoms with Crippen molar-refractivity contribution >= 4 is 35.0 Å². The first-order valence-corrected chi connectivity index (χ1v) is 7.48. The minimum atomic E-state index is 0.552. The molecule has 0 aromatic heterocycles. The lowest BCUT2D eigenvalue weighted by Crippen LogP contribution is -2.07. The molecule has 0 heterocycles. The van der Waals surface area contributed by atoms with Crippen molar-refractivity contribution in [3.63, 3.8) is 0 Å². The van der Waals surface area contributed by atoms with E-state index >= 15 is 0 Å².